The number of benzene rings is 2. The number of rotatable bonds is 5. The van der Waals surface area contributed by atoms with Gasteiger partial charge in [0.15, 0.2) is 5.82 Å². The van der Waals surface area contributed by atoms with Gasteiger partial charge in [0.25, 0.3) is 0 Å². The zero-order valence-corrected chi connectivity index (χ0v) is 17.7. The number of hydrogen-bond donors (Lipinski definition) is 1. The molecule has 0 radical (unpaired) electrons. The molecule has 3 heterocycles. The van der Waals surface area contributed by atoms with Crippen LogP contribution in [0, 0.1) is 12.7 Å². The number of aryl methyl sites for hydroxylation is 2. The smallest absolute Gasteiger partial charge is 0.175 e. The Bertz CT molecular complexity index is 1190. The van der Waals surface area contributed by atoms with Crippen LogP contribution in [0.1, 0.15) is 22.7 Å². The minimum absolute atomic E-state index is 0.115. The Hall–Kier alpha value is -3.32. The van der Waals surface area contributed by atoms with Crippen LogP contribution in [-0.4, -0.2) is 44.0 Å². The van der Waals surface area contributed by atoms with Crippen molar-refractivity contribution >= 4 is 16.7 Å². The van der Waals surface area contributed by atoms with E-state index in [-0.39, 0.29) is 17.8 Å². The monoisotopic (exact) mass is 416 g/mol. The second kappa shape index (κ2) is 8.07. The van der Waals surface area contributed by atoms with Gasteiger partial charge in [-0.25, -0.2) is 4.39 Å². The van der Waals surface area contributed by atoms with Crippen LogP contribution in [0.2, 0.25) is 0 Å². The molecule has 0 aliphatic carbocycles. The van der Waals surface area contributed by atoms with Gasteiger partial charge in [-0.05, 0) is 30.2 Å². The molecule has 0 unspecified atom stereocenters. The van der Waals surface area contributed by atoms with E-state index in [1.807, 2.05) is 36.9 Å². The fraction of sp³-hybridized carbons (Fsp3) is 0.292. The van der Waals surface area contributed by atoms with Gasteiger partial charge in [0.2, 0.25) is 0 Å². The van der Waals surface area contributed by atoms with E-state index in [4.69, 9.17) is 0 Å². The van der Waals surface area contributed by atoms with Gasteiger partial charge in [-0.2, -0.15) is 10.2 Å². The van der Waals surface area contributed by atoms with Crippen molar-refractivity contribution in [2.45, 2.75) is 25.4 Å². The second-order valence-corrected chi connectivity index (χ2v) is 8.25. The zero-order valence-electron chi connectivity index (χ0n) is 17.7. The van der Waals surface area contributed by atoms with E-state index in [1.165, 1.54) is 17.7 Å². The van der Waals surface area contributed by atoms with Crippen molar-refractivity contribution in [3.8, 4) is 0 Å². The molecule has 7 heteroatoms. The predicted octanol–water partition coefficient (Wildman–Crippen LogP) is 3.89. The summed E-state index contributed by atoms with van der Waals surface area (Å²) in [5, 5.41) is 17.8. The molecular formula is C24H25FN6. The molecule has 1 N–H and O–H groups in total. The first-order valence-electron chi connectivity index (χ1n) is 10.5. The van der Waals surface area contributed by atoms with Crippen LogP contribution in [0.15, 0.2) is 60.8 Å². The largest absolute Gasteiger partial charge is 0.362 e. The molecule has 0 spiro atoms. The number of likely N-dealkylation sites (tertiary alicyclic amines) is 1. The van der Waals surface area contributed by atoms with Gasteiger partial charge in [-0.1, -0.05) is 42.5 Å². The summed E-state index contributed by atoms with van der Waals surface area (Å²) in [6.45, 7) is 4.58. The molecule has 0 amide bonds. The summed E-state index contributed by atoms with van der Waals surface area (Å²) >= 11 is 0. The van der Waals surface area contributed by atoms with Crippen molar-refractivity contribution in [2.75, 3.05) is 18.4 Å². The van der Waals surface area contributed by atoms with Gasteiger partial charge in [-0.3, -0.25) is 9.58 Å². The van der Waals surface area contributed by atoms with E-state index in [2.05, 4.69) is 49.8 Å². The highest BCUT2D eigenvalue weighted by molar-refractivity contribution is 5.89. The number of hydrogen-bond acceptors (Lipinski definition) is 5. The first-order chi connectivity index (χ1) is 15.1. The van der Waals surface area contributed by atoms with Crippen LogP contribution >= 0.6 is 0 Å². The van der Waals surface area contributed by atoms with Gasteiger partial charge < -0.3 is 5.32 Å². The Kier molecular flexibility index (Phi) is 5.11. The quantitative estimate of drug-likeness (QED) is 0.535. The summed E-state index contributed by atoms with van der Waals surface area (Å²) < 4.78 is 15.4. The third-order valence-corrected chi connectivity index (χ3v) is 6.10. The molecule has 2 aromatic heterocycles. The Labute approximate surface area is 180 Å². The molecule has 2 atom stereocenters. The van der Waals surface area contributed by atoms with Crippen molar-refractivity contribution in [3.63, 3.8) is 0 Å². The molecule has 5 rings (SSSR count). The van der Waals surface area contributed by atoms with Crippen LogP contribution < -0.4 is 5.32 Å². The van der Waals surface area contributed by atoms with Crippen LogP contribution in [0.5, 0.6) is 0 Å². The van der Waals surface area contributed by atoms with Crippen molar-refractivity contribution < 1.29 is 4.39 Å². The van der Waals surface area contributed by atoms with Gasteiger partial charge in [-0.15, -0.1) is 5.10 Å². The zero-order chi connectivity index (χ0) is 21.4. The molecule has 158 valence electrons. The normalized spacial score (nSPS) is 19.2. The summed E-state index contributed by atoms with van der Waals surface area (Å²) in [5.74, 6) is 0.725. The van der Waals surface area contributed by atoms with E-state index in [1.54, 1.807) is 6.20 Å². The maximum absolute atomic E-state index is 13.5. The molecule has 1 fully saturated rings. The van der Waals surface area contributed by atoms with E-state index in [9.17, 15) is 4.39 Å². The van der Waals surface area contributed by atoms with Gasteiger partial charge in [0.05, 0.1) is 11.9 Å². The lowest BCUT2D eigenvalue weighted by Crippen LogP contribution is -2.29. The van der Waals surface area contributed by atoms with Gasteiger partial charge in [0, 0.05) is 44.0 Å². The highest BCUT2D eigenvalue weighted by Gasteiger charge is 2.34. The van der Waals surface area contributed by atoms with E-state index < -0.39 is 0 Å². The molecule has 1 aliphatic rings. The lowest BCUT2D eigenvalue weighted by molar-refractivity contribution is 0.325. The number of anilines is 1. The summed E-state index contributed by atoms with van der Waals surface area (Å²) in [7, 11) is 1.93. The third-order valence-electron chi connectivity index (χ3n) is 6.10. The molecule has 0 saturated carbocycles. The van der Waals surface area contributed by atoms with Crippen molar-refractivity contribution in [1.82, 2.24) is 24.9 Å². The minimum Gasteiger partial charge on any atom is -0.362 e. The summed E-state index contributed by atoms with van der Waals surface area (Å²) in [4.78, 5) is 2.43. The fourth-order valence-electron chi connectivity index (χ4n) is 4.62. The average molecular weight is 417 g/mol. The number of nitrogens with one attached hydrogen (secondary N) is 1. The molecular weight excluding hydrogens is 391 g/mol. The summed E-state index contributed by atoms with van der Waals surface area (Å²) in [5.41, 5.74) is 4.29. The SMILES string of the molecule is Cc1nn(C)c2c(N[C@@H]3CN(Cc4ccccc4)C[C@H]3c3ccc(F)cc3)nncc12. The number of aromatic nitrogens is 4. The fourth-order valence-corrected chi connectivity index (χ4v) is 4.62. The second-order valence-electron chi connectivity index (χ2n) is 8.25. The highest BCUT2D eigenvalue weighted by Crippen LogP contribution is 2.32. The molecule has 1 aliphatic heterocycles. The standard InChI is InChI=1S/C24H25FN6/c1-16-20-12-26-28-24(23(20)30(2)29-16)27-22-15-31(13-17-6-4-3-5-7-17)14-21(22)18-8-10-19(25)11-9-18/h3-12,21-22H,13-15H2,1-2H3,(H,27,28)/t21-,22+/m0/s1. The maximum Gasteiger partial charge on any atom is 0.175 e. The number of halogens is 1. The van der Waals surface area contributed by atoms with Crippen molar-refractivity contribution in [2.24, 2.45) is 7.05 Å². The van der Waals surface area contributed by atoms with Crippen molar-refractivity contribution in [1.29, 1.82) is 0 Å². The molecule has 2 aromatic carbocycles. The molecule has 4 aromatic rings. The lowest BCUT2D eigenvalue weighted by atomic mass is 9.94. The maximum atomic E-state index is 13.5. The molecule has 1 saturated heterocycles. The summed E-state index contributed by atoms with van der Waals surface area (Å²) in [6, 6.07) is 17.4. The first-order valence-corrected chi connectivity index (χ1v) is 10.5. The Morgan fingerprint density at radius 1 is 1.06 bits per heavy atom. The molecule has 0 bridgehead atoms. The lowest BCUT2D eigenvalue weighted by Gasteiger charge is -2.21. The summed E-state index contributed by atoms with van der Waals surface area (Å²) in [6.07, 6.45) is 1.76. The van der Waals surface area contributed by atoms with Crippen LogP contribution in [0.3, 0.4) is 0 Å². The van der Waals surface area contributed by atoms with E-state index >= 15 is 0 Å². The van der Waals surface area contributed by atoms with E-state index in [0.29, 0.717) is 0 Å². The van der Waals surface area contributed by atoms with Gasteiger partial charge >= 0.3 is 0 Å². The minimum atomic E-state index is -0.214. The third kappa shape index (κ3) is 3.88. The number of nitrogens with zero attached hydrogens (tertiary/aromatic N) is 5. The molecule has 31 heavy (non-hydrogen) atoms. The van der Waals surface area contributed by atoms with Gasteiger partial charge in [0.1, 0.15) is 11.3 Å². The molecule has 6 nitrogen and oxygen atoms in total. The van der Waals surface area contributed by atoms with E-state index in [0.717, 1.165) is 47.6 Å². The van der Waals surface area contributed by atoms with Crippen LogP contribution in [0.4, 0.5) is 10.2 Å². The topological polar surface area (TPSA) is 58.9 Å². The Morgan fingerprint density at radius 3 is 2.61 bits per heavy atom. The predicted molar refractivity (Wildman–Crippen MR) is 119 cm³/mol. The van der Waals surface area contributed by atoms with Crippen LogP contribution in [-0.2, 0) is 13.6 Å². The average Bonchev–Trinajstić information content (AvgIpc) is 3.30. The highest BCUT2D eigenvalue weighted by atomic mass is 19.1. The Balaban J connectivity index is 1.46. The van der Waals surface area contributed by atoms with Crippen molar-refractivity contribution in [3.05, 3.63) is 83.4 Å². The number of fused-ring (bicyclic) bond motifs is 1. The Morgan fingerprint density at radius 2 is 1.84 bits per heavy atom. The van der Waals surface area contributed by atoms with Crippen LogP contribution in [0.25, 0.3) is 10.9 Å². The first kappa shape index (κ1) is 19.6.